The van der Waals surface area contributed by atoms with Crippen molar-refractivity contribution >= 4 is 17.9 Å². The van der Waals surface area contributed by atoms with E-state index in [1.165, 1.54) is 17.2 Å². The Morgan fingerprint density at radius 2 is 2.18 bits per heavy atom. The molecule has 0 bridgehead atoms. The van der Waals surface area contributed by atoms with Crippen LogP contribution in [0.1, 0.15) is 0 Å². The highest BCUT2D eigenvalue weighted by Crippen LogP contribution is 2.29. The van der Waals surface area contributed by atoms with Crippen LogP contribution in [0.4, 0.5) is 5.69 Å². The number of aromatic nitrogens is 3. The van der Waals surface area contributed by atoms with Gasteiger partial charge < -0.3 is 10.4 Å². The second-order valence-electron chi connectivity index (χ2n) is 3.55. The Morgan fingerprint density at radius 3 is 3.00 bits per heavy atom. The van der Waals surface area contributed by atoms with Gasteiger partial charge in [0.05, 0.1) is 6.20 Å². The van der Waals surface area contributed by atoms with Crippen molar-refractivity contribution in [3.05, 3.63) is 36.3 Å². The van der Waals surface area contributed by atoms with E-state index in [0.717, 1.165) is 5.56 Å². The fraction of sp³-hybridized carbons (Fsp3) is 0. The highest BCUT2D eigenvalue weighted by Gasteiger charge is 2.18. The Balaban J connectivity index is 2.28. The molecule has 1 aromatic heterocycles. The zero-order chi connectivity index (χ0) is 11.8. The Kier molecular flexibility index (Phi) is 1.94. The molecular formula is C11H8N4O2. The van der Waals surface area contributed by atoms with Gasteiger partial charge in [0.2, 0.25) is 0 Å². The van der Waals surface area contributed by atoms with E-state index in [1.54, 1.807) is 6.07 Å². The number of para-hydroxylation sites is 1. The Morgan fingerprint density at radius 1 is 1.35 bits per heavy atom. The third-order valence-corrected chi connectivity index (χ3v) is 2.49. The fourth-order valence-electron chi connectivity index (χ4n) is 1.73. The van der Waals surface area contributed by atoms with Crippen molar-refractivity contribution in [1.29, 1.82) is 0 Å². The molecule has 0 radical (unpaired) electrons. The lowest BCUT2D eigenvalue weighted by atomic mass is 10.1. The SMILES string of the molecule is O=C(O)C1=Cn2ncnc2-c2ccccc2N1. The molecule has 1 aliphatic heterocycles. The topological polar surface area (TPSA) is 80.0 Å². The summed E-state index contributed by atoms with van der Waals surface area (Å²) in [5.41, 5.74) is 1.58. The molecule has 0 unspecified atom stereocenters. The number of anilines is 1. The highest BCUT2D eigenvalue weighted by molar-refractivity contribution is 5.96. The van der Waals surface area contributed by atoms with Crippen LogP contribution >= 0.6 is 0 Å². The van der Waals surface area contributed by atoms with Crippen LogP contribution in [0.5, 0.6) is 0 Å². The van der Waals surface area contributed by atoms with Crippen LogP contribution in [0.2, 0.25) is 0 Å². The van der Waals surface area contributed by atoms with Gasteiger partial charge in [0.25, 0.3) is 0 Å². The fourth-order valence-corrected chi connectivity index (χ4v) is 1.73. The van der Waals surface area contributed by atoms with Crippen molar-refractivity contribution in [2.45, 2.75) is 0 Å². The molecule has 0 saturated carbocycles. The summed E-state index contributed by atoms with van der Waals surface area (Å²) < 4.78 is 1.45. The van der Waals surface area contributed by atoms with Gasteiger partial charge in [0.15, 0.2) is 5.82 Å². The van der Waals surface area contributed by atoms with E-state index in [9.17, 15) is 4.79 Å². The monoisotopic (exact) mass is 228 g/mol. The largest absolute Gasteiger partial charge is 0.477 e. The molecule has 6 heteroatoms. The molecule has 0 atom stereocenters. The first-order chi connectivity index (χ1) is 8.25. The molecule has 2 N–H and O–H groups in total. The first-order valence-corrected chi connectivity index (χ1v) is 4.97. The van der Waals surface area contributed by atoms with Crippen molar-refractivity contribution in [3.8, 4) is 11.4 Å². The van der Waals surface area contributed by atoms with E-state index in [0.29, 0.717) is 11.5 Å². The molecule has 0 fully saturated rings. The third-order valence-electron chi connectivity index (χ3n) is 2.49. The predicted molar refractivity (Wildman–Crippen MR) is 61.0 cm³/mol. The molecule has 17 heavy (non-hydrogen) atoms. The number of rotatable bonds is 1. The lowest BCUT2D eigenvalue weighted by Gasteiger charge is -2.06. The van der Waals surface area contributed by atoms with E-state index >= 15 is 0 Å². The summed E-state index contributed by atoms with van der Waals surface area (Å²) in [6.45, 7) is 0. The van der Waals surface area contributed by atoms with E-state index in [2.05, 4.69) is 15.4 Å². The summed E-state index contributed by atoms with van der Waals surface area (Å²) in [4.78, 5) is 15.2. The van der Waals surface area contributed by atoms with Gasteiger partial charge in [-0.25, -0.2) is 14.5 Å². The summed E-state index contributed by atoms with van der Waals surface area (Å²) in [6, 6.07) is 7.36. The maximum atomic E-state index is 11.1. The van der Waals surface area contributed by atoms with Crippen LogP contribution in [-0.4, -0.2) is 25.8 Å². The van der Waals surface area contributed by atoms with Crippen molar-refractivity contribution in [2.24, 2.45) is 0 Å². The van der Waals surface area contributed by atoms with E-state index in [-0.39, 0.29) is 5.70 Å². The smallest absolute Gasteiger partial charge is 0.353 e. The molecule has 0 aliphatic carbocycles. The summed E-state index contributed by atoms with van der Waals surface area (Å²) in [5.74, 6) is -0.424. The van der Waals surface area contributed by atoms with Gasteiger partial charge in [-0.1, -0.05) is 12.1 Å². The molecule has 1 aliphatic rings. The maximum absolute atomic E-state index is 11.1. The quantitative estimate of drug-likeness (QED) is 0.767. The molecule has 84 valence electrons. The van der Waals surface area contributed by atoms with Crippen molar-refractivity contribution in [1.82, 2.24) is 14.8 Å². The zero-order valence-electron chi connectivity index (χ0n) is 8.66. The van der Waals surface area contributed by atoms with Gasteiger partial charge in [-0.3, -0.25) is 0 Å². The van der Waals surface area contributed by atoms with Crippen LogP contribution in [-0.2, 0) is 4.79 Å². The van der Waals surface area contributed by atoms with Crippen molar-refractivity contribution < 1.29 is 9.90 Å². The van der Waals surface area contributed by atoms with E-state index < -0.39 is 5.97 Å². The van der Waals surface area contributed by atoms with Crippen molar-refractivity contribution in [3.63, 3.8) is 0 Å². The molecule has 2 aromatic rings. The van der Waals surface area contributed by atoms with Gasteiger partial charge in [-0.15, -0.1) is 0 Å². The number of nitrogens with one attached hydrogen (secondary N) is 1. The summed E-state index contributed by atoms with van der Waals surface area (Å²) in [6.07, 6.45) is 2.80. The van der Waals surface area contributed by atoms with Gasteiger partial charge in [0, 0.05) is 11.3 Å². The summed E-state index contributed by atoms with van der Waals surface area (Å²) in [7, 11) is 0. The minimum absolute atomic E-state index is 0.0571. The number of nitrogens with zero attached hydrogens (tertiary/aromatic N) is 3. The average molecular weight is 228 g/mol. The number of benzene rings is 1. The number of carboxylic acid groups (broad SMARTS) is 1. The molecule has 3 rings (SSSR count). The molecule has 0 amide bonds. The Bertz CT molecular complexity index is 630. The number of carbonyl (C=O) groups is 1. The minimum atomic E-state index is -1.04. The zero-order valence-corrected chi connectivity index (χ0v) is 8.66. The number of fused-ring (bicyclic) bond motifs is 3. The maximum Gasteiger partial charge on any atom is 0.353 e. The van der Waals surface area contributed by atoms with Gasteiger partial charge in [0.1, 0.15) is 12.0 Å². The normalized spacial score (nSPS) is 12.8. The molecule has 1 aromatic carbocycles. The van der Waals surface area contributed by atoms with Crippen LogP contribution < -0.4 is 5.32 Å². The minimum Gasteiger partial charge on any atom is -0.477 e. The first-order valence-electron chi connectivity index (χ1n) is 4.97. The lowest BCUT2D eigenvalue weighted by Crippen LogP contribution is -2.10. The standard InChI is InChI=1S/C11H8N4O2/c16-11(17)9-5-15-10(12-6-13-15)7-3-1-2-4-8(7)14-9/h1-6,14H,(H,16,17). The van der Waals surface area contributed by atoms with Crippen LogP contribution in [0, 0.1) is 0 Å². The van der Waals surface area contributed by atoms with E-state index in [1.807, 2.05) is 18.2 Å². The van der Waals surface area contributed by atoms with Crippen LogP contribution in [0.25, 0.3) is 17.6 Å². The van der Waals surface area contributed by atoms with E-state index in [4.69, 9.17) is 5.11 Å². The third kappa shape index (κ3) is 1.46. The average Bonchev–Trinajstić information content (AvgIpc) is 2.71. The second kappa shape index (κ2) is 3.44. The van der Waals surface area contributed by atoms with Gasteiger partial charge >= 0.3 is 5.97 Å². The van der Waals surface area contributed by atoms with Gasteiger partial charge in [-0.05, 0) is 12.1 Å². The molecular weight excluding hydrogens is 220 g/mol. The molecule has 2 heterocycles. The van der Waals surface area contributed by atoms with Crippen molar-refractivity contribution in [2.75, 3.05) is 5.32 Å². The Hall–Kier alpha value is -2.63. The lowest BCUT2D eigenvalue weighted by molar-refractivity contribution is -0.132. The molecule has 6 nitrogen and oxygen atoms in total. The van der Waals surface area contributed by atoms with Gasteiger partial charge in [-0.2, -0.15) is 5.10 Å². The number of aliphatic carboxylic acids is 1. The first kappa shape index (κ1) is 9.59. The highest BCUT2D eigenvalue weighted by atomic mass is 16.4. The number of carboxylic acids is 1. The number of hydrogen-bond donors (Lipinski definition) is 2. The molecule has 0 saturated heterocycles. The van der Waals surface area contributed by atoms with Crippen LogP contribution in [0.3, 0.4) is 0 Å². The summed E-state index contributed by atoms with van der Waals surface area (Å²) >= 11 is 0. The number of hydrogen-bond acceptors (Lipinski definition) is 4. The second-order valence-corrected chi connectivity index (χ2v) is 3.55. The summed E-state index contributed by atoms with van der Waals surface area (Å²) in [5, 5.41) is 15.9. The molecule has 0 spiro atoms. The predicted octanol–water partition coefficient (Wildman–Crippen LogP) is 1.25. The van der Waals surface area contributed by atoms with Crippen LogP contribution in [0.15, 0.2) is 36.3 Å². The Labute approximate surface area is 96.2 Å².